The molecular weight excluding hydrogens is 240 g/mol. The van der Waals surface area contributed by atoms with Crippen molar-refractivity contribution in [3.63, 3.8) is 0 Å². The van der Waals surface area contributed by atoms with Crippen LogP contribution in [0, 0.1) is 0 Å². The van der Waals surface area contributed by atoms with E-state index in [1.54, 1.807) is 0 Å². The number of aryl methyl sites for hydroxylation is 1. The van der Waals surface area contributed by atoms with Gasteiger partial charge >= 0.3 is 5.97 Å². The third-order valence-electron chi connectivity index (χ3n) is 2.72. The van der Waals surface area contributed by atoms with E-state index in [0.717, 1.165) is 12.1 Å². The Hall–Kier alpha value is -2.10. The van der Waals surface area contributed by atoms with Gasteiger partial charge in [-0.1, -0.05) is 12.1 Å². The molecule has 0 fully saturated rings. The van der Waals surface area contributed by atoms with Crippen LogP contribution in [0.1, 0.15) is 29.8 Å². The maximum Gasteiger partial charge on any atom is 0.338 e. The molecule has 0 spiro atoms. The van der Waals surface area contributed by atoms with Gasteiger partial charge in [0, 0.05) is 0 Å². The van der Waals surface area contributed by atoms with Crippen LogP contribution < -0.4 is 4.57 Å². The second-order valence-electron chi connectivity index (χ2n) is 4.90. The van der Waals surface area contributed by atoms with Crippen molar-refractivity contribution in [1.29, 1.82) is 0 Å². The first kappa shape index (κ1) is 13.3. The summed E-state index contributed by atoms with van der Waals surface area (Å²) in [7, 11) is 1.99. The van der Waals surface area contributed by atoms with Crippen molar-refractivity contribution in [2.24, 2.45) is 7.05 Å². The molecule has 2 rings (SSSR count). The summed E-state index contributed by atoms with van der Waals surface area (Å²) >= 11 is 0. The first-order chi connectivity index (χ1) is 9.04. The summed E-state index contributed by atoms with van der Waals surface area (Å²) in [6.45, 7) is 4.48. The monoisotopic (exact) mass is 259 g/mol. The molecule has 1 aromatic heterocycles. The molecule has 0 aliphatic heterocycles. The topological polar surface area (TPSA) is 35.1 Å². The van der Waals surface area contributed by atoms with Gasteiger partial charge in [-0.15, -0.1) is 0 Å². The molecule has 0 aliphatic carbocycles. The Bertz CT molecular complexity index is 556. The highest BCUT2D eigenvalue weighted by Crippen LogP contribution is 2.08. The molecule has 0 N–H and O–H groups in total. The van der Waals surface area contributed by atoms with Crippen LogP contribution in [0.5, 0.6) is 0 Å². The first-order valence-corrected chi connectivity index (χ1v) is 6.35. The van der Waals surface area contributed by atoms with Gasteiger partial charge in [0.05, 0.1) is 18.7 Å². The Kier molecular flexibility index (Phi) is 4.00. The molecule has 0 saturated carbocycles. The van der Waals surface area contributed by atoms with Gasteiger partial charge in [-0.2, -0.15) is 0 Å². The highest BCUT2D eigenvalue weighted by molar-refractivity contribution is 5.89. The molecular formula is C15H19N2O2+. The van der Waals surface area contributed by atoms with Crippen molar-refractivity contribution in [3.8, 4) is 0 Å². The van der Waals surface area contributed by atoms with Crippen molar-refractivity contribution < 1.29 is 14.1 Å². The minimum Gasteiger partial charge on any atom is -0.459 e. The SMILES string of the molecule is CC(C)OC(=O)c1ccc(Cn2cc[n+](C)c2)cc1. The van der Waals surface area contributed by atoms with Crippen LogP contribution in [0.2, 0.25) is 0 Å². The van der Waals surface area contributed by atoms with Crippen molar-refractivity contribution >= 4 is 5.97 Å². The van der Waals surface area contributed by atoms with Crippen LogP contribution in [0.3, 0.4) is 0 Å². The van der Waals surface area contributed by atoms with Gasteiger partial charge in [-0.3, -0.25) is 0 Å². The maximum absolute atomic E-state index is 11.7. The average Bonchev–Trinajstić information content (AvgIpc) is 2.75. The number of imidazole rings is 1. The van der Waals surface area contributed by atoms with Gasteiger partial charge in [0.25, 0.3) is 0 Å². The zero-order valence-electron chi connectivity index (χ0n) is 11.5. The fourth-order valence-electron chi connectivity index (χ4n) is 1.83. The van der Waals surface area contributed by atoms with Crippen LogP contribution >= 0.6 is 0 Å². The Balaban J connectivity index is 2.04. The van der Waals surface area contributed by atoms with Crippen molar-refractivity contribution in [3.05, 3.63) is 54.1 Å². The fourth-order valence-corrected chi connectivity index (χ4v) is 1.83. The van der Waals surface area contributed by atoms with Crippen LogP contribution in [0.25, 0.3) is 0 Å². The molecule has 4 heteroatoms. The third-order valence-corrected chi connectivity index (χ3v) is 2.72. The molecule has 0 saturated heterocycles. The molecule has 0 atom stereocenters. The van der Waals surface area contributed by atoms with Gasteiger partial charge in [0.15, 0.2) is 0 Å². The average molecular weight is 259 g/mol. The number of rotatable bonds is 4. The summed E-state index contributed by atoms with van der Waals surface area (Å²) in [4.78, 5) is 11.7. The van der Waals surface area contributed by atoms with Gasteiger partial charge in [-0.05, 0) is 31.5 Å². The summed E-state index contributed by atoms with van der Waals surface area (Å²) in [5.41, 5.74) is 1.74. The van der Waals surface area contributed by atoms with E-state index in [1.807, 2.05) is 68.4 Å². The van der Waals surface area contributed by atoms with Gasteiger partial charge < -0.3 is 4.74 Å². The molecule has 19 heavy (non-hydrogen) atoms. The van der Waals surface area contributed by atoms with E-state index in [2.05, 4.69) is 4.57 Å². The van der Waals surface area contributed by atoms with Crippen LogP contribution in [-0.2, 0) is 18.3 Å². The summed E-state index contributed by atoms with van der Waals surface area (Å²) in [6.07, 6.45) is 5.93. The normalized spacial score (nSPS) is 10.7. The number of carbonyl (C=O) groups is 1. The standard InChI is InChI=1S/C15H19N2O2/c1-12(2)19-15(18)14-6-4-13(5-7-14)10-17-9-8-16(3)11-17/h4-9,11-12H,10H2,1-3H3/q+1. The Morgan fingerprint density at radius 2 is 2.00 bits per heavy atom. The second-order valence-corrected chi connectivity index (χ2v) is 4.90. The number of hydrogen-bond donors (Lipinski definition) is 0. The predicted octanol–water partition coefficient (Wildman–Crippen LogP) is 1.93. The lowest BCUT2D eigenvalue weighted by molar-refractivity contribution is -0.671. The molecule has 100 valence electrons. The number of aromatic nitrogens is 2. The first-order valence-electron chi connectivity index (χ1n) is 6.35. The van der Waals surface area contributed by atoms with E-state index in [4.69, 9.17) is 4.74 Å². The van der Waals surface area contributed by atoms with Crippen molar-refractivity contribution in [2.75, 3.05) is 0 Å². The Labute approximate surface area is 113 Å². The van der Waals surface area contributed by atoms with E-state index < -0.39 is 0 Å². The lowest BCUT2D eigenvalue weighted by Crippen LogP contribution is -2.23. The highest BCUT2D eigenvalue weighted by Gasteiger charge is 2.09. The van der Waals surface area contributed by atoms with Gasteiger partial charge in [0.1, 0.15) is 18.9 Å². The molecule has 0 unspecified atom stereocenters. The Morgan fingerprint density at radius 1 is 1.32 bits per heavy atom. The molecule has 1 heterocycles. The van der Waals surface area contributed by atoms with Crippen molar-refractivity contribution in [2.45, 2.75) is 26.5 Å². The lowest BCUT2D eigenvalue weighted by atomic mass is 10.1. The number of nitrogens with zero attached hydrogens (tertiary/aromatic N) is 2. The molecule has 4 nitrogen and oxygen atoms in total. The number of benzene rings is 1. The Morgan fingerprint density at radius 3 is 2.53 bits per heavy atom. The molecule has 2 aromatic rings. The summed E-state index contributed by atoms with van der Waals surface area (Å²) in [6, 6.07) is 7.53. The largest absolute Gasteiger partial charge is 0.459 e. The van der Waals surface area contributed by atoms with Crippen LogP contribution in [0.15, 0.2) is 43.0 Å². The highest BCUT2D eigenvalue weighted by atomic mass is 16.5. The number of carbonyl (C=O) groups excluding carboxylic acids is 1. The lowest BCUT2D eigenvalue weighted by Gasteiger charge is -2.07. The minimum atomic E-state index is -0.270. The molecule has 0 bridgehead atoms. The van der Waals surface area contributed by atoms with Crippen LogP contribution in [0.4, 0.5) is 0 Å². The molecule has 0 radical (unpaired) electrons. The van der Waals surface area contributed by atoms with Gasteiger partial charge in [-0.25, -0.2) is 13.9 Å². The minimum absolute atomic E-state index is 0.0907. The quantitative estimate of drug-likeness (QED) is 0.621. The second kappa shape index (κ2) is 5.69. The number of esters is 1. The van der Waals surface area contributed by atoms with E-state index in [9.17, 15) is 4.79 Å². The number of hydrogen-bond acceptors (Lipinski definition) is 2. The summed E-state index contributed by atoms with van der Waals surface area (Å²) in [5.74, 6) is -0.270. The van der Waals surface area contributed by atoms with E-state index in [1.165, 1.54) is 0 Å². The van der Waals surface area contributed by atoms with Gasteiger partial charge in [0.2, 0.25) is 6.33 Å². The van der Waals surface area contributed by atoms with Crippen LogP contribution in [-0.4, -0.2) is 16.6 Å². The van der Waals surface area contributed by atoms with Crippen molar-refractivity contribution in [1.82, 2.24) is 4.57 Å². The fraction of sp³-hybridized carbons (Fsp3) is 0.333. The van der Waals surface area contributed by atoms with E-state index >= 15 is 0 Å². The molecule has 1 aromatic carbocycles. The summed E-state index contributed by atoms with van der Waals surface area (Å²) < 4.78 is 9.23. The van der Waals surface area contributed by atoms with E-state index in [-0.39, 0.29) is 12.1 Å². The maximum atomic E-state index is 11.7. The zero-order valence-corrected chi connectivity index (χ0v) is 11.5. The number of ether oxygens (including phenoxy) is 1. The van der Waals surface area contributed by atoms with E-state index in [0.29, 0.717) is 5.56 Å². The smallest absolute Gasteiger partial charge is 0.338 e. The third kappa shape index (κ3) is 3.68. The molecule has 0 amide bonds. The summed E-state index contributed by atoms with van der Waals surface area (Å²) in [5, 5.41) is 0. The predicted molar refractivity (Wildman–Crippen MR) is 71.7 cm³/mol. The molecule has 0 aliphatic rings. The zero-order chi connectivity index (χ0) is 13.8.